The highest BCUT2D eigenvalue weighted by molar-refractivity contribution is 9.10. The maximum absolute atomic E-state index is 12.2. The molecule has 3 aromatic rings. The van der Waals surface area contributed by atoms with Gasteiger partial charge in [0.05, 0.1) is 6.61 Å². The molecule has 0 atom stereocenters. The van der Waals surface area contributed by atoms with Crippen molar-refractivity contribution in [3.63, 3.8) is 0 Å². The summed E-state index contributed by atoms with van der Waals surface area (Å²) in [5.74, 6) is -0.0821. The fourth-order valence-electron chi connectivity index (χ4n) is 2.02. The predicted octanol–water partition coefficient (Wildman–Crippen LogP) is 5.43. The average Bonchev–Trinajstić information content (AvgIpc) is 3.02. The number of rotatable bonds is 5. The third-order valence-electron chi connectivity index (χ3n) is 3.11. The number of carbonyl (C=O) groups excluding carboxylic acids is 1. The summed E-state index contributed by atoms with van der Waals surface area (Å²) >= 11 is 4.75. The first-order chi connectivity index (χ1) is 11.7. The lowest BCUT2D eigenvalue weighted by molar-refractivity contribution is 0.0513. The summed E-state index contributed by atoms with van der Waals surface area (Å²) in [7, 11) is 0. The van der Waals surface area contributed by atoms with Crippen LogP contribution in [0.25, 0.3) is 11.5 Å². The van der Waals surface area contributed by atoms with Crippen molar-refractivity contribution in [3.8, 4) is 11.5 Å². The Morgan fingerprint density at radius 1 is 1.17 bits per heavy atom. The Bertz CT molecular complexity index is 831. The molecular weight excluding hydrogens is 390 g/mol. The number of ether oxygens (including phenoxy) is 1. The summed E-state index contributed by atoms with van der Waals surface area (Å²) in [6.45, 7) is 2.05. The van der Waals surface area contributed by atoms with Crippen molar-refractivity contribution in [1.82, 2.24) is 4.98 Å². The van der Waals surface area contributed by atoms with Gasteiger partial charge in [0.15, 0.2) is 0 Å². The summed E-state index contributed by atoms with van der Waals surface area (Å²) in [6, 6.07) is 17.2. The Balaban J connectivity index is 1.97. The predicted molar refractivity (Wildman–Crippen MR) is 96.2 cm³/mol. The van der Waals surface area contributed by atoms with Crippen LogP contribution in [-0.4, -0.2) is 17.6 Å². The number of nitrogens with zero attached hydrogens (tertiary/aromatic N) is 1. The number of carbonyl (C=O) groups is 1. The molecule has 24 heavy (non-hydrogen) atoms. The minimum atomic E-state index is -0.483. The molecule has 0 saturated heterocycles. The fraction of sp³-hybridized carbons (Fsp3) is 0.111. The maximum atomic E-state index is 12.2. The Kier molecular flexibility index (Phi) is 5.37. The molecule has 0 unspecified atom stereocenters. The second-order valence-electron chi connectivity index (χ2n) is 4.80. The summed E-state index contributed by atoms with van der Waals surface area (Å²) in [5.41, 5.74) is 1.01. The van der Waals surface area contributed by atoms with Crippen LogP contribution in [0.15, 0.2) is 73.5 Å². The first kappa shape index (κ1) is 16.8. The van der Waals surface area contributed by atoms with Crippen LogP contribution in [0.2, 0.25) is 0 Å². The van der Waals surface area contributed by atoms with Gasteiger partial charge in [-0.05, 0) is 55.1 Å². The van der Waals surface area contributed by atoms with Crippen molar-refractivity contribution in [1.29, 1.82) is 0 Å². The minimum absolute atomic E-state index is 0.198. The zero-order valence-electron chi connectivity index (χ0n) is 12.9. The highest BCUT2D eigenvalue weighted by Crippen LogP contribution is 2.35. The van der Waals surface area contributed by atoms with E-state index in [9.17, 15) is 4.79 Å². The Labute approximate surface area is 152 Å². The first-order valence-electron chi connectivity index (χ1n) is 7.34. The van der Waals surface area contributed by atoms with Crippen LogP contribution in [0.4, 0.5) is 0 Å². The van der Waals surface area contributed by atoms with E-state index in [4.69, 9.17) is 9.15 Å². The van der Waals surface area contributed by atoms with E-state index in [0.717, 1.165) is 14.9 Å². The molecule has 0 saturated carbocycles. The second kappa shape index (κ2) is 7.68. The van der Waals surface area contributed by atoms with Gasteiger partial charge >= 0.3 is 5.97 Å². The van der Waals surface area contributed by atoms with Gasteiger partial charge in [0, 0.05) is 14.9 Å². The van der Waals surface area contributed by atoms with Gasteiger partial charge in [0.2, 0.25) is 16.7 Å². The SMILES string of the molecule is CCOC(=O)c1nc(-c2ccccc2)oc1Sc1ccc(Br)cc1. The number of aromatic nitrogens is 1. The number of esters is 1. The van der Waals surface area contributed by atoms with E-state index in [-0.39, 0.29) is 12.3 Å². The van der Waals surface area contributed by atoms with Gasteiger partial charge < -0.3 is 9.15 Å². The van der Waals surface area contributed by atoms with Gasteiger partial charge in [-0.25, -0.2) is 9.78 Å². The molecular formula is C18H14BrNO3S. The molecule has 0 aliphatic heterocycles. The van der Waals surface area contributed by atoms with E-state index < -0.39 is 5.97 Å². The van der Waals surface area contributed by atoms with E-state index in [2.05, 4.69) is 20.9 Å². The van der Waals surface area contributed by atoms with Crippen LogP contribution in [0, 0.1) is 0 Å². The standard InChI is InChI=1S/C18H14BrNO3S/c1-2-22-17(21)15-18(24-14-10-8-13(19)9-11-14)23-16(20-15)12-6-4-3-5-7-12/h3-11H,2H2,1H3. The van der Waals surface area contributed by atoms with Crippen molar-refractivity contribution < 1.29 is 13.9 Å². The summed E-state index contributed by atoms with van der Waals surface area (Å²) in [6.07, 6.45) is 0. The second-order valence-corrected chi connectivity index (χ2v) is 6.76. The number of halogens is 1. The molecule has 0 radical (unpaired) electrons. The van der Waals surface area contributed by atoms with Crippen molar-refractivity contribution in [2.45, 2.75) is 16.9 Å². The zero-order valence-corrected chi connectivity index (χ0v) is 15.3. The monoisotopic (exact) mass is 403 g/mol. The molecule has 1 aromatic heterocycles. The van der Waals surface area contributed by atoms with Crippen molar-refractivity contribution in [2.75, 3.05) is 6.61 Å². The fourth-order valence-corrected chi connectivity index (χ4v) is 3.11. The van der Waals surface area contributed by atoms with E-state index in [0.29, 0.717) is 11.0 Å². The molecule has 6 heteroatoms. The van der Waals surface area contributed by atoms with E-state index in [1.165, 1.54) is 11.8 Å². The van der Waals surface area contributed by atoms with E-state index in [1.807, 2.05) is 54.6 Å². The van der Waals surface area contributed by atoms with Crippen molar-refractivity contribution in [2.24, 2.45) is 0 Å². The van der Waals surface area contributed by atoms with Gasteiger partial charge in [-0.15, -0.1) is 0 Å². The molecule has 122 valence electrons. The van der Waals surface area contributed by atoms with E-state index >= 15 is 0 Å². The molecule has 4 nitrogen and oxygen atoms in total. The molecule has 0 bridgehead atoms. The normalized spacial score (nSPS) is 10.6. The zero-order chi connectivity index (χ0) is 16.9. The van der Waals surface area contributed by atoms with Crippen molar-refractivity contribution in [3.05, 3.63) is 64.8 Å². The summed E-state index contributed by atoms with van der Waals surface area (Å²) in [5, 5.41) is 0.426. The van der Waals surface area contributed by atoms with Gasteiger partial charge in [-0.2, -0.15) is 0 Å². The smallest absolute Gasteiger partial charge is 0.361 e. The van der Waals surface area contributed by atoms with Crippen LogP contribution in [0.5, 0.6) is 0 Å². The molecule has 2 aromatic carbocycles. The lowest BCUT2D eigenvalue weighted by Crippen LogP contribution is -2.06. The largest absolute Gasteiger partial charge is 0.461 e. The van der Waals surface area contributed by atoms with Gasteiger partial charge in [0.1, 0.15) is 0 Å². The molecule has 0 N–H and O–H groups in total. The van der Waals surface area contributed by atoms with Crippen LogP contribution in [-0.2, 0) is 4.74 Å². The lowest BCUT2D eigenvalue weighted by atomic mass is 10.2. The number of benzene rings is 2. The van der Waals surface area contributed by atoms with Gasteiger partial charge in [-0.3, -0.25) is 0 Å². The molecule has 0 spiro atoms. The third-order valence-corrected chi connectivity index (χ3v) is 4.61. The van der Waals surface area contributed by atoms with Crippen LogP contribution < -0.4 is 0 Å². The van der Waals surface area contributed by atoms with Gasteiger partial charge in [-0.1, -0.05) is 34.1 Å². The molecule has 0 amide bonds. The van der Waals surface area contributed by atoms with Crippen LogP contribution in [0.3, 0.4) is 0 Å². The molecule has 0 fully saturated rings. The number of oxazole rings is 1. The number of hydrogen-bond acceptors (Lipinski definition) is 5. The average molecular weight is 404 g/mol. The summed E-state index contributed by atoms with van der Waals surface area (Å²) < 4.78 is 11.9. The molecule has 0 aliphatic rings. The number of hydrogen-bond donors (Lipinski definition) is 0. The van der Waals surface area contributed by atoms with Gasteiger partial charge in [0.25, 0.3) is 0 Å². The minimum Gasteiger partial charge on any atom is -0.461 e. The topological polar surface area (TPSA) is 52.3 Å². The van der Waals surface area contributed by atoms with E-state index in [1.54, 1.807) is 6.92 Å². The highest BCUT2D eigenvalue weighted by atomic mass is 79.9. The molecule has 0 aliphatic carbocycles. The molecule has 3 rings (SSSR count). The highest BCUT2D eigenvalue weighted by Gasteiger charge is 2.23. The summed E-state index contributed by atoms with van der Waals surface area (Å²) in [4.78, 5) is 17.5. The Morgan fingerprint density at radius 3 is 2.54 bits per heavy atom. The maximum Gasteiger partial charge on any atom is 0.361 e. The van der Waals surface area contributed by atoms with Crippen LogP contribution in [0.1, 0.15) is 17.4 Å². The van der Waals surface area contributed by atoms with Crippen LogP contribution >= 0.6 is 27.7 Å². The lowest BCUT2D eigenvalue weighted by Gasteiger charge is -2.01. The first-order valence-corrected chi connectivity index (χ1v) is 8.95. The Morgan fingerprint density at radius 2 is 1.88 bits per heavy atom. The van der Waals surface area contributed by atoms with Crippen molar-refractivity contribution >= 4 is 33.7 Å². The third kappa shape index (κ3) is 3.88. The Hall–Kier alpha value is -2.05. The molecule has 1 heterocycles. The quantitative estimate of drug-likeness (QED) is 0.531.